The summed E-state index contributed by atoms with van der Waals surface area (Å²) in [5.74, 6) is 1.52. The quantitative estimate of drug-likeness (QED) is 0.867. The Hall–Kier alpha value is -1.04. The van der Waals surface area contributed by atoms with Gasteiger partial charge in [0.05, 0.1) is 6.04 Å². The first-order chi connectivity index (χ1) is 11.2. The molecule has 3 rings (SSSR count). The van der Waals surface area contributed by atoms with Crippen molar-refractivity contribution in [2.75, 3.05) is 31.1 Å². The van der Waals surface area contributed by atoms with Crippen LogP contribution in [0.4, 0.5) is 0 Å². The molecule has 1 amide bonds. The van der Waals surface area contributed by atoms with Crippen LogP contribution in [0.3, 0.4) is 0 Å². The Morgan fingerprint density at radius 3 is 2.52 bits per heavy atom. The molecular weight excluding hydrogens is 308 g/mol. The highest BCUT2D eigenvalue weighted by atomic mass is 32.2. The van der Waals surface area contributed by atoms with Crippen molar-refractivity contribution in [2.45, 2.75) is 37.3 Å². The number of carbonyl (C=O) groups excluding carboxylic acids is 1. The molecule has 5 heteroatoms. The molecule has 126 valence electrons. The molecule has 1 aromatic rings. The summed E-state index contributed by atoms with van der Waals surface area (Å²) < 4.78 is 0. The molecule has 2 aliphatic rings. The van der Waals surface area contributed by atoms with E-state index >= 15 is 0 Å². The van der Waals surface area contributed by atoms with E-state index in [1.54, 1.807) is 0 Å². The van der Waals surface area contributed by atoms with Crippen molar-refractivity contribution in [1.82, 2.24) is 10.2 Å². The van der Waals surface area contributed by atoms with Crippen LogP contribution in [0.25, 0.3) is 0 Å². The van der Waals surface area contributed by atoms with Gasteiger partial charge in [0.15, 0.2) is 0 Å². The average Bonchev–Trinajstić information content (AvgIpc) is 3.11. The van der Waals surface area contributed by atoms with E-state index in [0.29, 0.717) is 19.4 Å². The molecule has 0 bridgehead atoms. The normalized spacial score (nSPS) is 22.7. The van der Waals surface area contributed by atoms with E-state index < -0.39 is 5.60 Å². The van der Waals surface area contributed by atoms with Gasteiger partial charge in [-0.15, -0.1) is 0 Å². The van der Waals surface area contributed by atoms with Crippen LogP contribution >= 0.6 is 11.8 Å². The van der Waals surface area contributed by atoms with Gasteiger partial charge in [0.25, 0.3) is 5.91 Å². The Labute approximate surface area is 142 Å². The van der Waals surface area contributed by atoms with Crippen molar-refractivity contribution in [3.05, 3.63) is 35.9 Å². The van der Waals surface area contributed by atoms with Gasteiger partial charge in [-0.3, -0.25) is 9.69 Å². The van der Waals surface area contributed by atoms with E-state index in [9.17, 15) is 9.90 Å². The van der Waals surface area contributed by atoms with Crippen LogP contribution in [0, 0.1) is 0 Å². The minimum absolute atomic E-state index is 0.196. The fourth-order valence-corrected chi connectivity index (χ4v) is 4.64. The summed E-state index contributed by atoms with van der Waals surface area (Å²) in [7, 11) is 0. The molecule has 4 nitrogen and oxygen atoms in total. The van der Waals surface area contributed by atoms with Gasteiger partial charge in [0.1, 0.15) is 5.60 Å². The molecule has 1 unspecified atom stereocenters. The number of amides is 1. The fraction of sp³-hybridized carbons (Fsp3) is 0.611. The van der Waals surface area contributed by atoms with Crippen molar-refractivity contribution in [1.29, 1.82) is 0 Å². The van der Waals surface area contributed by atoms with Gasteiger partial charge in [-0.25, -0.2) is 0 Å². The van der Waals surface area contributed by atoms with E-state index in [2.05, 4.69) is 22.3 Å². The number of nitrogens with zero attached hydrogens (tertiary/aromatic N) is 1. The molecule has 0 aromatic heterocycles. The molecule has 0 spiro atoms. The third-order valence-electron chi connectivity index (χ3n) is 4.96. The first-order valence-corrected chi connectivity index (χ1v) is 9.72. The predicted molar refractivity (Wildman–Crippen MR) is 94.5 cm³/mol. The van der Waals surface area contributed by atoms with Crippen LogP contribution in [0.1, 0.15) is 37.3 Å². The van der Waals surface area contributed by atoms with Gasteiger partial charge < -0.3 is 10.4 Å². The number of hydrogen-bond donors (Lipinski definition) is 2. The van der Waals surface area contributed by atoms with Crippen molar-refractivity contribution in [3.8, 4) is 0 Å². The van der Waals surface area contributed by atoms with Crippen LogP contribution < -0.4 is 5.32 Å². The van der Waals surface area contributed by atoms with Gasteiger partial charge in [-0.05, 0) is 55.8 Å². The maximum Gasteiger partial charge on any atom is 0.252 e. The third kappa shape index (κ3) is 4.08. The van der Waals surface area contributed by atoms with Crippen LogP contribution in [0.2, 0.25) is 0 Å². The van der Waals surface area contributed by atoms with E-state index in [4.69, 9.17) is 0 Å². The Morgan fingerprint density at radius 1 is 1.22 bits per heavy atom. The van der Waals surface area contributed by atoms with E-state index in [-0.39, 0.29) is 11.9 Å². The standard InChI is InChI=1S/C18H26N2O2S/c21-17(18(22)8-12-23-13-9-18)19-14-16(20-10-4-5-11-20)15-6-2-1-3-7-15/h1-3,6-7,16,22H,4-5,8-14H2,(H,19,21). The highest BCUT2D eigenvalue weighted by molar-refractivity contribution is 7.99. The highest BCUT2D eigenvalue weighted by Crippen LogP contribution is 2.28. The van der Waals surface area contributed by atoms with Crippen LogP contribution in [0.15, 0.2) is 30.3 Å². The molecular formula is C18H26N2O2S. The second-order valence-electron chi connectivity index (χ2n) is 6.52. The molecule has 1 aromatic carbocycles. The lowest BCUT2D eigenvalue weighted by atomic mass is 9.95. The summed E-state index contributed by atoms with van der Waals surface area (Å²) >= 11 is 1.81. The zero-order valence-corrected chi connectivity index (χ0v) is 14.4. The largest absolute Gasteiger partial charge is 0.380 e. The molecule has 2 heterocycles. The van der Waals surface area contributed by atoms with Crippen LogP contribution in [-0.4, -0.2) is 52.7 Å². The summed E-state index contributed by atoms with van der Waals surface area (Å²) in [5, 5.41) is 13.6. The summed E-state index contributed by atoms with van der Waals surface area (Å²) in [5.41, 5.74) is 0.0678. The van der Waals surface area contributed by atoms with Crippen molar-refractivity contribution < 1.29 is 9.90 Å². The fourth-order valence-electron chi connectivity index (χ4n) is 3.48. The van der Waals surface area contributed by atoms with Crippen molar-refractivity contribution in [3.63, 3.8) is 0 Å². The predicted octanol–water partition coefficient (Wildman–Crippen LogP) is 2.20. The van der Waals surface area contributed by atoms with E-state index in [0.717, 1.165) is 24.6 Å². The summed E-state index contributed by atoms with van der Waals surface area (Å²) in [4.78, 5) is 14.9. The Bertz CT molecular complexity index is 511. The van der Waals surface area contributed by atoms with Crippen LogP contribution in [0.5, 0.6) is 0 Å². The number of hydrogen-bond acceptors (Lipinski definition) is 4. The first kappa shape index (κ1) is 16.8. The second kappa shape index (κ2) is 7.69. The number of benzene rings is 1. The SMILES string of the molecule is O=C(NCC(c1ccccc1)N1CCCC1)C1(O)CCSCC1. The maximum atomic E-state index is 12.5. The minimum Gasteiger partial charge on any atom is -0.380 e. The number of aliphatic hydroxyl groups is 1. The lowest BCUT2D eigenvalue weighted by molar-refractivity contribution is -0.140. The minimum atomic E-state index is -1.17. The Kier molecular flexibility index (Phi) is 5.62. The van der Waals surface area contributed by atoms with E-state index in [1.807, 2.05) is 30.0 Å². The maximum absolute atomic E-state index is 12.5. The lowest BCUT2D eigenvalue weighted by Crippen LogP contribution is -2.50. The molecule has 2 N–H and O–H groups in total. The van der Waals surface area contributed by atoms with Gasteiger partial charge in [0.2, 0.25) is 0 Å². The van der Waals surface area contributed by atoms with Crippen molar-refractivity contribution >= 4 is 17.7 Å². The number of thioether (sulfide) groups is 1. The highest BCUT2D eigenvalue weighted by Gasteiger charge is 2.37. The van der Waals surface area contributed by atoms with Gasteiger partial charge >= 0.3 is 0 Å². The zero-order valence-electron chi connectivity index (χ0n) is 13.5. The average molecular weight is 334 g/mol. The molecule has 2 fully saturated rings. The van der Waals surface area contributed by atoms with E-state index in [1.165, 1.54) is 18.4 Å². The number of nitrogens with one attached hydrogen (secondary N) is 1. The molecule has 0 aliphatic carbocycles. The zero-order chi connectivity index (χ0) is 16.1. The molecule has 0 saturated carbocycles. The topological polar surface area (TPSA) is 52.6 Å². The van der Waals surface area contributed by atoms with Gasteiger partial charge in [-0.2, -0.15) is 11.8 Å². The Morgan fingerprint density at radius 2 is 1.87 bits per heavy atom. The van der Waals surface area contributed by atoms with Gasteiger partial charge in [-0.1, -0.05) is 30.3 Å². The molecule has 2 aliphatic heterocycles. The monoisotopic (exact) mass is 334 g/mol. The van der Waals surface area contributed by atoms with Gasteiger partial charge in [0, 0.05) is 6.54 Å². The first-order valence-electron chi connectivity index (χ1n) is 8.56. The number of carbonyl (C=O) groups is 1. The molecule has 1 atom stereocenters. The summed E-state index contributed by atoms with van der Waals surface area (Å²) in [6, 6.07) is 10.6. The van der Waals surface area contributed by atoms with Crippen molar-refractivity contribution in [2.24, 2.45) is 0 Å². The lowest BCUT2D eigenvalue weighted by Gasteiger charge is -2.33. The summed E-state index contributed by atoms with van der Waals surface area (Å²) in [6.45, 7) is 2.73. The molecule has 0 radical (unpaired) electrons. The number of likely N-dealkylation sites (tertiary alicyclic amines) is 1. The molecule has 23 heavy (non-hydrogen) atoms. The second-order valence-corrected chi connectivity index (χ2v) is 7.75. The number of rotatable bonds is 5. The molecule has 2 saturated heterocycles. The smallest absolute Gasteiger partial charge is 0.252 e. The third-order valence-corrected chi connectivity index (χ3v) is 5.95. The Balaban J connectivity index is 1.65. The van der Waals surface area contributed by atoms with Crippen LogP contribution in [-0.2, 0) is 4.79 Å². The summed E-state index contributed by atoms with van der Waals surface area (Å²) in [6.07, 6.45) is 3.56.